The summed E-state index contributed by atoms with van der Waals surface area (Å²) in [6.07, 6.45) is 6.43. The average Bonchev–Trinajstić information content (AvgIpc) is 2.33. The molecule has 116 valence electrons. The molecule has 0 aliphatic rings. The van der Waals surface area contributed by atoms with Gasteiger partial charge in [-0.25, -0.2) is 0 Å². The summed E-state index contributed by atoms with van der Waals surface area (Å²) in [7, 11) is 3.64. The van der Waals surface area contributed by atoms with Crippen LogP contribution in [0.2, 0.25) is 0 Å². The molecular formula is C17H36O2. The van der Waals surface area contributed by atoms with Gasteiger partial charge in [-0.1, -0.05) is 40.5 Å². The molecule has 0 fully saturated rings. The Hall–Kier alpha value is -0.0800. The van der Waals surface area contributed by atoms with Gasteiger partial charge in [-0.2, -0.15) is 0 Å². The van der Waals surface area contributed by atoms with Gasteiger partial charge in [0.2, 0.25) is 0 Å². The molecule has 0 amide bonds. The molecule has 0 rings (SSSR count). The van der Waals surface area contributed by atoms with Gasteiger partial charge in [-0.15, -0.1) is 0 Å². The molecule has 0 heterocycles. The van der Waals surface area contributed by atoms with Crippen LogP contribution in [0.15, 0.2) is 0 Å². The van der Waals surface area contributed by atoms with Gasteiger partial charge in [0.1, 0.15) is 0 Å². The highest BCUT2D eigenvalue weighted by atomic mass is 16.5. The Balaban J connectivity index is 4.20. The molecule has 0 aromatic carbocycles. The topological polar surface area (TPSA) is 18.5 Å². The predicted octanol–water partition coefficient (Wildman–Crippen LogP) is 4.77. The lowest BCUT2D eigenvalue weighted by atomic mass is 9.86. The van der Waals surface area contributed by atoms with E-state index in [4.69, 9.17) is 9.47 Å². The fraction of sp³-hybridized carbons (Fsp3) is 1.00. The van der Waals surface area contributed by atoms with Crippen LogP contribution in [0.25, 0.3) is 0 Å². The summed E-state index contributed by atoms with van der Waals surface area (Å²) in [6.45, 7) is 11.0. The number of hydrogen-bond acceptors (Lipinski definition) is 2. The van der Waals surface area contributed by atoms with Crippen molar-refractivity contribution in [3.8, 4) is 0 Å². The van der Waals surface area contributed by atoms with Crippen molar-refractivity contribution in [2.24, 2.45) is 23.7 Å². The Morgan fingerprint density at radius 2 is 1.00 bits per heavy atom. The van der Waals surface area contributed by atoms with Crippen LogP contribution in [0.5, 0.6) is 0 Å². The third kappa shape index (κ3) is 11.4. The van der Waals surface area contributed by atoms with Crippen LogP contribution in [0.3, 0.4) is 0 Å². The first kappa shape index (κ1) is 18.9. The molecule has 0 aromatic heterocycles. The van der Waals surface area contributed by atoms with E-state index in [9.17, 15) is 0 Å². The standard InChI is InChI=1S/C17H36O2/c1-14(2)7-9-16(12-18-5)11-17(13-19-6)10-8-15(3)4/h14-17H,7-13H2,1-6H3. The molecule has 0 radical (unpaired) electrons. The molecular weight excluding hydrogens is 236 g/mol. The third-order valence-corrected chi connectivity index (χ3v) is 3.78. The van der Waals surface area contributed by atoms with Crippen LogP contribution in [-0.2, 0) is 9.47 Å². The molecule has 2 nitrogen and oxygen atoms in total. The van der Waals surface area contributed by atoms with Crippen molar-refractivity contribution in [2.45, 2.75) is 59.8 Å². The summed E-state index contributed by atoms with van der Waals surface area (Å²) in [6, 6.07) is 0. The van der Waals surface area contributed by atoms with Crippen LogP contribution in [0.1, 0.15) is 59.8 Å². The molecule has 2 heteroatoms. The first-order valence-electron chi connectivity index (χ1n) is 7.97. The highest BCUT2D eigenvalue weighted by molar-refractivity contribution is 4.68. The lowest BCUT2D eigenvalue weighted by Gasteiger charge is -2.24. The predicted molar refractivity (Wildman–Crippen MR) is 83.5 cm³/mol. The molecule has 0 saturated heterocycles. The first-order chi connectivity index (χ1) is 8.99. The third-order valence-electron chi connectivity index (χ3n) is 3.78. The minimum atomic E-state index is 0.694. The van der Waals surface area contributed by atoms with E-state index < -0.39 is 0 Å². The summed E-state index contributed by atoms with van der Waals surface area (Å²) in [4.78, 5) is 0. The summed E-state index contributed by atoms with van der Waals surface area (Å²) in [5, 5.41) is 0. The van der Waals surface area contributed by atoms with Crippen molar-refractivity contribution in [1.29, 1.82) is 0 Å². The Morgan fingerprint density at radius 3 is 1.26 bits per heavy atom. The summed E-state index contributed by atoms with van der Waals surface area (Å²) >= 11 is 0. The zero-order valence-corrected chi connectivity index (χ0v) is 14.1. The van der Waals surface area contributed by atoms with Crippen molar-refractivity contribution in [1.82, 2.24) is 0 Å². The van der Waals surface area contributed by atoms with Crippen molar-refractivity contribution in [2.75, 3.05) is 27.4 Å². The van der Waals surface area contributed by atoms with E-state index in [0.29, 0.717) is 11.8 Å². The molecule has 0 aliphatic heterocycles. The van der Waals surface area contributed by atoms with Gasteiger partial charge >= 0.3 is 0 Å². The van der Waals surface area contributed by atoms with Gasteiger partial charge in [0.15, 0.2) is 0 Å². The maximum atomic E-state index is 5.40. The van der Waals surface area contributed by atoms with Gasteiger partial charge in [-0.3, -0.25) is 0 Å². The molecule has 0 N–H and O–H groups in total. The number of methoxy groups -OCH3 is 2. The zero-order chi connectivity index (χ0) is 14.7. The molecule has 2 atom stereocenters. The van der Waals surface area contributed by atoms with E-state index >= 15 is 0 Å². The number of hydrogen-bond donors (Lipinski definition) is 0. The fourth-order valence-electron chi connectivity index (χ4n) is 2.62. The minimum absolute atomic E-state index is 0.694. The first-order valence-corrected chi connectivity index (χ1v) is 7.97. The van der Waals surface area contributed by atoms with E-state index in [-0.39, 0.29) is 0 Å². The molecule has 0 bridgehead atoms. The lowest BCUT2D eigenvalue weighted by Crippen LogP contribution is -2.18. The fourth-order valence-corrected chi connectivity index (χ4v) is 2.62. The van der Waals surface area contributed by atoms with Gasteiger partial charge in [0.25, 0.3) is 0 Å². The van der Waals surface area contributed by atoms with E-state index in [1.807, 2.05) is 14.2 Å². The molecule has 2 unspecified atom stereocenters. The van der Waals surface area contributed by atoms with Crippen molar-refractivity contribution < 1.29 is 9.47 Å². The van der Waals surface area contributed by atoms with Crippen LogP contribution in [0.4, 0.5) is 0 Å². The molecule has 0 aromatic rings. The van der Waals surface area contributed by atoms with Crippen molar-refractivity contribution in [3.05, 3.63) is 0 Å². The molecule has 0 saturated carbocycles. The maximum Gasteiger partial charge on any atom is 0.0490 e. The average molecular weight is 272 g/mol. The summed E-state index contributed by atoms with van der Waals surface area (Å²) in [5.74, 6) is 2.96. The molecule has 19 heavy (non-hydrogen) atoms. The Morgan fingerprint density at radius 1 is 0.632 bits per heavy atom. The molecule has 0 aliphatic carbocycles. The second-order valence-electron chi connectivity index (χ2n) is 6.82. The Kier molecular flexibility index (Phi) is 11.7. The quantitative estimate of drug-likeness (QED) is 0.509. The highest BCUT2D eigenvalue weighted by Crippen LogP contribution is 2.25. The number of ether oxygens (including phenoxy) is 2. The van der Waals surface area contributed by atoms with Crippen molar-refractivity contribution >= 4 is 0 Å². The van der Waals surface area contributed by atoms with Crippen LogP contribution < -0.4 is 0 Å². The van der Waals surface area contributed by atoms with E-state index in [1.165, 1.54) is 32.1 Å². The Bertz CT molecular complexity index is 170. The highest BCUT2D eigenvalue weighted by Gasteiger charge is 2.17. The largest absolute Gasteiger partial charge is 0.384 e. The van der Waals surface area contributed by atoms with E-state index in [0.717, 1.165) is 25.0 Å². The Labute approximate surface area is 121 Å². The van der Waals surface area contributed by atoms with E-state index in [2.05, 4.69) is 27.7 Å². The SMILES string of the molecule is COCC(CCC(C)C)CC(CCC(C)C)COC. The maximum absolute atomic E-state index is 5.40. The van der Waals surface area contributed by atoms with Gasteiger partial charge in [-0.05, 0) is 42.9 Å². The smallest absolute Gasteiger partial charge is 0.0490 e. The summed E-state index contributed by atoms with van der Waals surface area (Å²) in [5.41, 5.74) is 0. The zero-order valence-electron chi connectivity index (χ0n) is 14.1. The van der Waals surface area contributed by atoms with Crippen LogP contribution in [0, 0.1) is 23.7 Å². The summed E-state index contributed by atoms with van der Waals surface area (Å²) < 4.78 is 10.8. The van der Waals surface area contributed by atoms with Gasteiger partial charge < -0.3 is 9.47 Å². The molecule has 0 spiro atoms. The second-order valence-corrected chi connectivity index (χ2v) is 6.82. The van der Waals surface area contributed by atoms with E-state index in [1.54, 1.807) is 0 Å². The second kappa shape index (κ2) is 11.7. The van der Waals surface area contributed by atoms with Gasteiger partial charge in [0.05, 0.1) is 0 Å². The normalized spacial score (nSPS) is 15.2. The van der Waals surface area contributed by atoms with Crippen molar-refractivity contribution in [3.63, 3.8) is 0 Å². The minimum Gasteiger partial charge on any atom is -0.384 e. The lowest BCUT2D eigenvalue weighted by molar-refractivity contribution is 0.0941. The monoisotopic (exact) mass is 272 g/mol. The van der Waals surface area contributed by atoms with Gasteiger partial charge in [0, 0.05) is 27.4 Å². The van der Waals surface area contributed by atoms with Crippen LogP contribution in [-0.4, -0.2) is 27.4 Å². The number of rotatable bonds is 12. The van der Waals surface area contributed by atoms with Crippen LogP contribution >= 0.6 is 0 Å².